The number of hydrogen-bond acceptors (Lipinski definition) is 7. The van der Waals surface area contributed by atoms with Crippen LogP contribution in [0.4, 0.5) is 17.5 Å². The van der Waals surface area contributed by atoms with E-state index in [2.05, 4.69) is 38.1 Å². The van der Waals surface area contributed by atoms with Crippen LogP contribution < -0.4 is 19.9 Å². The van der Waals surface area contributed by atoms with Gasteiger partial charge in [0.2, 0.25) is 5.95 Å². The standard InChI is InChI=1S/C26H25ClN6O2/c1-18-15-24(32-11-13-33(14-12-32)26-28-9-2-10-29-26)31-23-8-5-20(16-22(18)23)30-25(34)17-35-21-6-3-19(27)4-7-21/h2-10,15-16H,11-14,17H2,1H3,(H,30,34). The van der Waals surface area contributed by atoms with Gasteiger partial charge in [0.05, 0.1) is 5.52 Å². The second-order valence-corrected chi connectivity index (χ2v) is 8.78. The lowest BCUT2D eigenvalue weighted by Crippen LogP contribution is -2.47. The van der Waals surface area contributed by atoms with Gasteiger partial charge in [0.25, 0.3) is 5.91 Å². The van der Waals surface area contributed by atoms with Gasteiger partial charge in [-0.3, -0.25) is 4.79 Å². The highest BCUT2D eigenvalue weighted by Gasteiger charge is 2.20. The first-order valence-electron chi connectivity index (χ1n) is 11.4. The smallest absolute Gasteiger partial charge is 0.262 e. The molecule has 0 unspecified atom stereocenters. The van der Waals surface area contributed by atoms with Crippen LogP contribution >= 0.6 is 11.6 Å². The molecule has 1 saturated heterocycles. The number of anilines is 3. The zero-order chi connectivity index (χ0) is 24.2. The molecule has 1 aliphatic rings. The van der Waals surface area contributed by atoms with Crippen molar-refractivity contribution in [2.45, 2.75) is 6.92 Å². The van der Waals surface area contributed by atoms with E-state index in [9.17, 15) is 4.79 Å². The number of amides is 1. The number of ether oxygens (including phenoxy) is 1. The first-order valence-corrected chi connectivity index (χ1v) is 11.8. The molecule has 178 valence electrons. The zero-order valence-electron chi connectivity index (χ0n) is 19.3. The Morgan fingerprint density at radius 1 is 1.00 bits per heavy atom. The molecular weight excluding hydrogens is 464 g/mol. The van der Waals surface area contributed by atoms with Crippen LogP contribution in [0.5, 0.6) is 5.75 Å². The topological polar surface area (TPSA) is 83.5 Å². The minimum Gasteiger partial charge on any atom is -0.484 e. The van der Waals surface area contributed by atoms with Crippen LogP contribution in [0.15, 0.2) is 67.0 Å². The number of rotatable bonds is 6. The second kappa shape index (κ2) is 10.1. The fourth-order valence-electron chi connectivity index (χ4n) is 4.08. The number of halogens is 1. The van der Waals surface area contributed by atoms with Crippen LogP contribution in [0.2, 0.25) is 5.02 Å². The minimum atomic E-state index is -0.234. The number of carbonyl (C=O) groups excluding carboxylic acids is 1. The van der Waals surface area contributed by atoms with Crippen molar-refractivity contribution in [1.82, 2.24) is 15.0 Å². The first kappa shape index (κ1) is 22.9. The van der Waals surface area contributed by atoms with Gasteiger partial charge in [0.15, 0.2) is 6.61 Å². The monoisotopic (exact) mass is 488 g/mol. The number of nitrogens with one attached hydrogen (secondary N) is 1. The van der Waals surface area contributed by atoms with Crippen LogP contribution in [0.3, 0.4) is 0 Å². The number of fused-ring (bicyclic) bond motifs is 1. The highest BCUT2D eigenvalue weighted by molar-refractivity contribution is 6.30. The fourth-order valence-corrected chi connectivity index (χ4v) is 4.21. The predicted molar refractivity (Wildman–Crippen MR) is 139 cm³/mol. The molecule has 8 nitrogen and oxygen atoms in total. The maximum Gasteiger partial charge on any atom is 0.262 e. The summed E-state index contributed by atoms with van der Waals surface area (Å²) in [6.07, 6.45) is 3.54. The van der Waals surface area contributed by atoms with E-state index < -0.39 is 0 Å². The summed E-state index contributed by atoms with van der Waals surface area (Å²) in [6.45, 7) is 5.35. The molecule has 5 rings (SSSR count). The number of carbonyl (C=O) groups is 1. The van der Waals surface area contributed by atoms with Gasteiger partial charge >= 0.3 is 0 Å². The van der Waals surface area contributed by atoms with Crippen LogP contribution in [-0.4, -0.2) is 53.6 Å². The van der Waals surface area contributed by atoms with Crippen molar-refractivity contribution in [3.8, 4) is 5.75 Å². The van der Waals surface area contributed by atoms with E-state index in [-0.39, 0.29) is 12.5 Å². The number of pyridine rings is 1. The summed E-state index contributed by atoms with van der Waals surface area (Å²) in [6, 6.07) is 16.6. The van der Waals surface area contributed by atoms with Crippen molar-refractivity contribution in [3.05, 3.63) is 77.6 Å². The van der Waals surface area contributed by atoms with Crippen molar-refractivity contribution < 1.29 is 9.53 Å². The van der Waals surface area contributed by atoms with E-state index in [0.717, 1.165) is 54.4 Å². The third kappa shape index (κ3) is 5.44. The molecule has 1 aliphatic heterocycles. The highest BCUT2D eigenvalue weighted by atomic mass is 35.5. The minimum absolute atomic E-state index is 0.0875. The highest BCUT2D eigenvalue weighted by Crippen LogP contribution is 2.26. The van der Waals surface area contributed by atoms with E-state index in [1.165, 1.54) is 0 Å². The van der Waals surface area contributed by atoms with Gasteiger partial charge in [-0.25, -0.2) is 15.0 Å². The van der Waals surface area contributed by atoms with E-state index >= 15 is 0 Å². The molecule has 0 atom stereocenters. The normalized spacial score (nSPS) is 13.7. The molecule has 4 aromatic rings. The lowest BCUT2D eigenvalue weighted by atomic mass is 10.1. The Hall–Kier alpha value is -3.91. The Balaban J connectivity index is 1.23. The van der Waals surface area contributed by atoms with Gasteiger partial charge in [-0.15, -0.1) is 0 Å². The Morgan fingerprint density at radius 3 is 2.46 bits per heavy atom. The number of hydrogen-bond donors (Lipinski definition) is 1. The molecule has 2 aromatic heterocycles. The molecule has 2 aromatic carbocycles. The summed E-state index contributed by atoms with van der Waals surface area (Å²) >= 11 is 5.88. The maximum absolute atomic E-state index is 12.4. The molecule has 0 saturated carbocycles. The van der Waals surface area contributed by atoms with Crippen molar-refractivity contribution in [1.29, 1.82) is 0 Å². The van der Waals surface area contributed by atoms with Gasteiger partial charge in [-0.05, 0) is 67.1 Å². The van der Waals surface area contributed by atoms with E-state index in [0.29, 0.717) is 16.5 Å². The third-order valence-electron chi connectivity index (χ3n) is 5.91. The lowest BCUT2D eigenvalue weighted by Gasteiger charge is -2.35. The van der Waals surface area contributed by atoms with Gasteiger partial charge in [0, 0.05) is 54.7 Å². The Kier molecular flexibility index (Phi) is 6.63. The maximum atomic E-state index is 12.4. The summed E-state index contributed by atoms with van der Waals surface area (Å²) in [7, 11) is 0. The SMILES string of the molecule is Cc1cc(N2CCN(c3ncccn3)CC2)nc2ccc(NC(=O)COc3ccc(Cl)cc3)cc12. The molecule has 0 aliphatic carbocycles. The molecule has 1 fully saturated rings. The summed E-state index contributed by atoms with van der Waals surface area (Å²) in [5.41, 5.74) is 2.70. The van der Waals surface area contributed by atoms with Gasteiger partial charge in [0.1, 0.15) is 11.6 Å². The second-order valence-electron chi connectivity index (χ2n) is 8.34. The number of aromatic nitrogens is 3. The van der Waals surface area contributed by atoms with Crippen molar-refractivity contribution in [2.75, 3.05) is 47.9 Å². The van der Waals surface area contributed by atoms with Crippen molar-refractivity contribution in [2.24, 2.45) is 0 Å². The van der Waals surface area contributed by atoms with E-state index in [1.54, 1.807) is 36.7 Å². The Morgan fingerprint density at radius 2 is 1.71 bits per heavy atom. The quantitative estimate of drug-likeness (QED) is 0.432. The Bertz CT molecular complexity index is 1330. The molecule has 0 spiro atoms. The summed E-state index contributed by atoms with van der Waals surface area (Å²) < 4.78 is 5.53. The van der Waals surface area contributed by atoms with E-state index in [1.807, 2.05) is 24.3 Å². The third-order valence-corrected chi connectivity index (χ3v) is 6.16. The summed E-state index contributed by atoms with van der Waals surface area (Å²) in [5, 5.41) is 4.52. The van der Waals surface area contributed by atoms with E-state index in [4.69, 9.17) is 21.3 Å². The molecule has 3 heterocycles. The molecule has 1 amide bonds. The summed E-state index contributed by atoms with van der Waals surface area (Å²) in [4.78, 5) is 30.4. The Labute approximate surface area is 208 Å². The predicted octanol–water partition coefficient (Wildman–Crippen LogP) is 4.33. The largest absolute Gasteiger partial charge is 0.484 e. The number of aryl methyl sites for hydroxylation is 1. The zero-order valence-corrected chi connectivity index (χ0v) is 20.1. The molecule has 0 radical (unpaired) electrons. The van der Waals surface area contributed by atoms with Crippen LogP contribution in [-0.2, 0) is 4.79 Å². The van der Waals surface area contributed by atoms with Crippen LogP contribution in [0.1, 0.15) is 5.56 Å². The number of nitrogens with zero attached hydrogens (tertiary/aromatic N) is 5. The number of benzene rings is 2. The average Bonchev–Trinajstić information content (AvgIpc) is 2.89. The molecule has 35 heavy (non-hydrogen) atoms. The van der Waals surface area contributed by atoms with Crippen molar-refractivity contribution in [3.63, 3.8) is 0 Å². The van der Waals surface area contributed by atoms with Gasteiger partial charge in [-0.2, -0.15) is 0 Å². The van der Waals surface area contributed by atoms with Crippen molar-refractivity contribution >= 4 is 45.9 Å². The summed E-state index contributed by atoms with van der Waals surface area (Å²) in [5.74, 6) is 2.08. The first-order chi connectivity index (χ1) is 17.0. The lowest BCUT2D eigenvalue weighted by molar-refractivity contribution is -0.118. The molecular formula is C26H25ClN6O2. The number of piperazine rings is 1. The molecule has 0 bridgehead atoms. The van der Waals surface area contributed by atoms with Gasteiger partial charge < -0.3 is 19.9 Å². The molecule has 1 N–H and O–H groups in total. The average molecular weight is 489 g/mol. The molecule has 9 heteroatoms. The van der Waals surface area contributed by atoms with Gasteiger partial charge in [-0.1, -0.05) is 11.6 Å². The fraction of sp³-hybridized carbons (Fsp3) is 0.231. The van der Waals surface area contributed by atoms with Crippen LogP contribution in [0.25, 0.3) is 10.9 Å². The van der Waals surface area contributed by atoms with Crippen LogP contribution in [0, 0.1) is 6.92 Å².